The number of hydrogen-bond donors (Lipinski definition) is 1. The van der Waals surface area contributed by atoms with Crippen molar-refractivity contribution in [1.29, 1.82) is 0 Å². The lowest BCUT2D eigenvalue weighted by molar-refractivity contribution is 0.108. The Balaban J connectivity index is 2.09. The zero-order chi connectivity index (χ0) is 11.8. The number of nitrogen functional groups attached to an aromatic ring is 1. The molecule has 2 aromatic rings. The molecule has 0 bridgehead atoms. The van der Waals surface area contributed by atoms with Crippen molar-refractivity contribution in [3.8, 4) is 5.69 Å². The number of ether oxygens (including phenoxy) is 1. The Morgan fingerprint density at radius 2 is 2.06 bits per heavy atom. The fraction of sp³-hybridized carbons (Fsp3) is 0.250. The Kier molecular flexibility index (Phi) is 2.33. The molecular weight excluding hydrogens is 221 g/mol. The largest absolute Gasteiger partial charge is 0.383 e. The van der Waals surface area contributed by atoms with Crippen molar-refractivity contribution >= 4 is 5.82 Å². The number of halogens is 1. The molecule has 0 amide bonds. The Morgan fingerprint density at radius 1 is 1.29 bits per heavy atom. The van der Waals surface area contributed by atoms with Gasteiger partial charge in [0.15, 0.2) is 0 Å². The summed E-state index contributed by atoms with van der Waals surface area (Å²) in [5.74, 6) is 0.350. The van der Waals surface area contributed by atoms with Crippen molar-refractivity contribution < 1.29 is 9.13 Å². The van der Waals surface area contributed by atoms with Gasteiger partial charge in [-0.15, -0.1) is 0 Å². The van der Waals surface area contributed by atoms with Crippen LogP contribution in [0, 0.1) is 5.82 Å². The van der Waals surface area contributed by atoms with Gasteiger partial charge in [-0.25, -0.2) is 9.07 Å². The van der Waals surface area contributed by atoms with E-state index in [2.05, 4.69) is 5.10 Å². The molecule has 3 rings (SSSR count). The van der Waals surface area contributed by atoms with Crippen LogP contribution in [0.5, 0.6) is 0 Å². The monoisotopic (exact) mass is 233 g/mol. The third-order valence-electron chi connectivity index (χ3n) is 2.91. The first kappa shape index (κ1) is 10.3. The second kappa shape index (κ2) is 3.85. The minimum Gasteiger partial charge on any atom is -0.383 e. The van der Waals surface area contributed by atoms with Gasteiger partial charge in [0.25, 0.3) is 0 Å². The van der Waals surface area contributed by atoms with Gasteiger partial charge in [-0.3, -0.25) is 0 Å². The molecule has 1 aliphatic rings. The maximum absolute atomic E-state index is 12.8. The van der Waals surface area contributed by atoms with E-state index in [1.165, 1.54) is 12.1 Å². The normalized spacial score (nSPS) is 14.6. The summed E-state index contributed by atoms with van der Waals surface area (Å²) in [5.41, 5.74) is 8.72. The average Bonchev–Trinajstić information content (AvgIpc) is 2.69. The van der Waals surface area contributed by atoms with Crippen molar-refractivity contribution in [3.63, 3.8) is 0 Å². The molecule has 0 unspecified atom stereocenters. The van der Waals surface area contributed by atoms with Crippen LogP contribution >= 0.6 is 0 Å². The summed E-state index contributed by atoms with van der Waals surface area (Å²) in [6, 6.07) is 6.11. The van der Waals surface area contributed by atoms with Gasteiger partial charge in [-0.1, -0.05) is 0 Å². The number of nitrogens with two attached hydrogens (primary N) is 1. The van der Waals surface area contributed by atoms with Gasteiger partial charge < -0.3 is 10.5 Å². The van der Waals surface area contributed by atoms with Crippen molar-refractivity contribution in [2.24, 2.45) is 0 Å². The summed E-state index contributed by atoms with van der Waals surface area (Å²) in [7, 11) is 0. The van der Waals surface area contributed by atoms with Gasteiger partial charge in [0.2, 0.25) is 0 Å². The van der Waals surface area contributed by atoms with Gasteiger partial charge in [0, 0.05) is 12.0 Å². The van der Waals surface area contributed by atoms with Crippen LogP contribution in [0.4, 0.5) is 10.2 Å². The third kappa shape index (κ3) is 1.68. The number of hydrogen-bond acceptors (Lipinski definition) is 3. The summed E-state index contributed by atoms with van der Waals surface area (Å²) in [6.07, 6.45) is 0.780. The first-order valence-corrected chi connectivity index (χ1v) is 5.45. The SMILES string of the molecule is Nc1c2c(nn1-c1ccc(F)cc1)COCC2. The zero-order valence-electron chi connectivity index (χ0n) is 9.19. The Morgan fingerprint density at radius 3 is 2.76 bits per heavy atom. The second-order valence-electron chi connectivity index (χ2n) is 4.00. The van der Waals surface area contributed by atoms with Crippen LogP contribution in [0.1, 0.15) is 11.3 Å². The van der Waals surface area contributed by atoms with Gasteiger partial charge in [0.1, 0.15) is 11.6 Å². The maximum atomic E-state index is 12.8. The first-order valence-electron chi connectivity index (χ1n) is 5.45. The van der Waals surface area contributed by atoms with E-state index in [0.29, 0.717) is 19.0 Å². The molecule has 88 valence electrons. The van der Waals surface area contributed by atoms with Gasteiger partial charge in [0.05, 0.1) is 24.6 Å². The maximum Gasteiger partial charge on any atom is 0.130 e. The number of anilines is 1. The topological polar surface area (TPSA) is 53.1 Å². The molecule has 2 N–H and O–H groups in total. The lowest BCUT2D eigenvalue weighted by atomic mass is 10.1. The van der Waals surface area contributed by atoms with E-state index < -0.39 is 0 Å². The number of rotatable bonds is 1. The summed E-state index contributed by atoms with van der Waals surface area (Å²) >= 11 is 0. The predicted molar refractivity (Wildman–Crippen MR) is 61.3 cm³/mol. The molecule has 5 heteroatoms. The molecule has 1 aliphatic heterocycles. The minimum atomic E-state index is -0.271. The highest BCUT2D eigenvalue weighted by molar-refractivity contribution is 5.50. The zero-order valence-corrected chi connectivity index (χ0v) is 9.19. The van der Waals surface area contributed by atoms with Crippen LogP contribution in [0.15, 0.2) is 24.3 Å². The Hall–Kier alpha value is -1.88. The molecule has 1 aromatic heterocycles. The summed E-state index contributed by atoms with van der Waals surface area (Å²) in [5, 5.41) is 4.39. The highest BCUT2D eigenvalue weighted by atomic mass is 19.1. The Labute approximate surface area is 97.8 Å². The fourth-order valence-corrected chi connectivity index (χ4v) is 2.02. The molecule has 0 atom stereocenters. The van der Waals surface area contributed by atoms with E-state index in [9.17, 15) is 4.39 Å². The third-order valence-corrected chi connectivity index (χ3v) is 2.91. The predicted octanol–water partition coefficient (Wildman–Crippen LogP) is 1.67. The molecular formula is C12H12FN3O. The molecule has 0 aliphatic carbocycles. The summed E-state index contributed by atoms with van der Waals surface area (Å²) in [4.78, 5) is 0. The van der Waals surface area contributed by atoms with Gasteiger partial charge >= 0.3 is 0 Å². The van der Waals surface area contributed by atoms with Crippen molar-refractivity contribution in [2.75, 3.05) is 12.3 Å². The van der Waals surface area contributed by atoms with Crippen LogP contribution in [-0.4, -0.2) is 16.4 Å². The lowest BCUT2D eigenvalue weighted by Gasteiger charge is -2.10. The van der Waals surface area contributed by atoms with E-state index in [1.807, 2.05) is 0 Å². The smallest absolute Gasteiger partial charge is 0.130 e. The fourth-order valence-electron chi connectivity index (χ4n) is 2.02. The number of nitrogens with zero attached hydrogens (tertiary/aromatic N) is 2. The molecule has 0 radical (unpaired) electrons. The van der Waals surface area contributed by atoms with Crippen LogP contribution in [0.2, 0.25) is 0 Å². The Bertz CT molecular complexity index is 548. The number of aromatic nitrogens is 2. The van der Waals surface area contributed by atoms with E-state index in [0.717, 1.165) is 23.4 Å². The molecule has 0 saturated heterocycles. The van der Waals surface area contributed by atoms with Crippen LogP contribution in [0.3, 0.4) is 0 Å². The van der Waals surface area contributed by atoms with E-state index in [1.54, 1.807) is 16.8 Å². The van der Waals surface area contributed by atoms with E-state index in [4.69, 9.17) is 10.5 Å². The van der Waals surface area contributed by atoms with Crippen molar-refractivity contribution in [2.45, 2.75) is 13.0 Å². The first-order chi connectivity index (χ1) is 8.25. The average molecular weight is 233 g/mol. The van der Waals surface area contributed by atoms with E-state index in [-0.39, 0.29) is 5.82 Å². The van der Waals surface area contributed by atoms with Crippen molar-refractivity contribution in [1.82, 2.24) is 9.78 Å². The molecule has 17 heavy (non-hydrogen) atoms. The summed E-state index contributed by atoms with van der Waals surface area (Å²) < 4.78 is 19.8. The molecule has 1 aromatic carbocycles. The quantitative estimate of drug-likeness (QED) is 0.815. The van der Waals surface area contributed by atoms with Gasteiger partial charge in [-0.2, -0.15) is 5.10 Å². The van der Waals surface area contributed by atoms with Gasteiger partial charge in [-0.05, 0) is 24.3 Å². The van der Waals surface area contributed by atoms with Crippen molar-refractivity contribution in [3.05, 3.63) is 41.3 Å². The minimum absolute atomic E-state index is 0.271. The molecule has 2 heterocycles. The highest BCUT2D eigenvalue weighted by Gasteiger charge is 2.19. The van der Waals surface area contributed by atoms with E-state index >= 15 is 0 Å². The number of fused-ring (bicyclic) bond motifs is 1. The molecule has 4 nitrogen and oxygen atoms in total. The highest BCUT2D eigenvalue weighted by Crippen LogP contribution is 2.25. The summed E-state index contributed by atoms with van der Waals surface area (Å²) in [6.45, 7) is 1.17. The standard InChI is InChI=1S/C12H12FN3O/c13-8-1-3-9(4-2-8)16-12(14)10-5-6-17-7-11(10)15-16/h1-4H,5-7,14H2. The molecule has 0 fully saturated rings. The second-order valence-corrected chi connectivity index (χ2v) is 4.00. The molecule has 0 saturated carbocycles. The van der Waals surface area contributed by atoms with Crippen LogP contribution in [0.25, 0.3) is 5.69 Å². The van der Waals surface area contributed by atoms with Crippen LogP contribution < -0.4 is 5.73 Å². The number of benzene rings is 1. The molecule has 0 spiro atoms. The van der Waals surface area contributed by atoms with Crippen LogP contribution in [-0.2, 0) is 17.8 Å². The lowest BCUT2D eigenvalue weighted by Crippen LogP contribution is -2.09.